The fourth-order valence-electron chi connectivity index (χ4n) is 4.18. The number of aromatic nitrogens is 4. The van der Waals surface area contributed by atoms with Gasteiger partial charge in [0.25, 0.3) is 0 Å². The van der Waals surface area contributed by atoms with Gasteiger partial charge in [0.05, 0.1) is 23.0 Å². The van der Waals surface area contributed by atoms with Gasteiger partial charge >= 0.3 is 0 Å². The Hall–Kier alpha value is -2.93. The van der Waals surface area contributed by atoms with Crippen LogP contribution >= 0.6 is 0 Å². The summed E-state index contributed by atoms with van der Waals surface area (Å²) < 4.78 is 1.91. The van der Waals surface area contributed by atoms with Crippen molar-refractivity contribution in [2.75, 3.05) is 5.32 Å². The molecule has 4 heterocycles. The largest absolute Gasteiger partial charge is 0.354 e. The van der Waals surface area contributed by atoms with Crippen molar-refractivity contribution in [1.82, 2.24) is 25.2 Å². The number of rotatable bonds is 4. The number of pyridine rings is 2. The molecule has 0 amide bonds. The number of hydroxylamine groups is 1. The van der Waals surface area contributed by atoms with Gasteiger partial charge in [-0.3, -0.25) is 15.3 Å². The molecule has 0 bridgehead atoms. The van der Waals surface area contributed by atoms with E-state index < -0.39 is 0 Å². The molecule has 144 valence electrons. The smallest absolute Gasteiger partial charge is 0.159 e. The first-order chi connectivity index (χ1) is 13.8. The van der Waals surface area contributed by atoms with Gasteiger partial charge in [0, 0.05) is 36.4 Å². The minimum Gasteiger partial charge on any atom is -0.354 e. The van der Waals surface area contributed by atoms with E-state index in [0.717, 1.165) is 53.1 Å². The Morgan fingerprint density at radius 2 is 2.00 bits per heavy atom. The Morgan fingerprint density at radius 3 is 2.79 bits per heavy atom. The predicted octanol–water partition coefficient (Wildman–Crippen LogP) is 4.17. The van der Waals surface area contributed by atoms with Crippen LogP contribution in [-0.4, -0.2) is 25.3 Å². The van der Waals surface area contributed by atoms with E-state index in [2.05, 4.69) is 33.9 Å². The summed E-state index contributed by atoms with van der Waals surface area (Å²) in [5, 5.41) is 9.04. The third kappa shape index (κ3) is 2.92. The van der Waals surface area contributed by atoms with Crippen LogP contribution in [0.3, 0.4) is 0 Å². The second kappa shape index (κ2) is 6.91. The second-order valence-corrected chi connectivity index (χ2v) is 7.49. The predicted molar refractivity (Wildman–Crippen MR) is 109 cm³/mol. The summed E-state index contributed by atoms with van der Waals surface area (Å²) >= 11 is 0. The lowest BCUT2D eigenvalue weighted by Crippen LogP contribution is -2.31. The number of aryl methyl sites for hydroxylation is 1. The Labute approximate surface area is 163 Å². The summed E-state index contributed by atoms with van der Waals surface area (Å²) in [5.74, 6) is 0. The quantitative estimate of drug-likeness (QED) is 0.712. The summed E-state index contributed by atoms with van der Waals surface area (Å²) in [6, 6.07) is 3.91. The van der Waals surface area contributed by atoms with Gasteiger partial charge in [-0.2, -0.15) is 5.10 Å². The lowest BCUT2D eigenvalue weighted by Gasteiger charge is -2.29. The highest BCUT2D eigenvalue weighted by Crippen LogP contribution is 2.40. The van der Waals surface area contributed by atoms with Crippen molar-refractivity contribution in [1.29, 1.82) is 0 Å². The maximum atomic E-state index is 6.06. The van der Waals surface area contributed by atoms with E-state index in [4.69, 9.17) is 9.82 Å². The number of fused-ring (bicyclic) bond motifs is 1. The molecule has 1 aliphatic carbocycles. The van der Waals surface area contributed by atoms with Crippen molar-refractivity contribution in [3.63, 3.8) is 0 Å². The summed E-state index contributed by atoms with van der Waals surface area (Å²) in [7, 11) is 0. The molecule has 0 aromatic carbocycles. The topological polar surface area (TPSA) is 76.9 Å². The maximum Gasteiger partial charge on any atom is 0.159 e. The Kier molecular flexibility index (Phi) is 4.24. The average molecular weight is 376 g/mol. The van der Waals surface area contributed by atoms with E-state index in [9.17, 15) is 0 Å². The van der Waals surface area contributed by atoms with Crippen LogP contribution in [0.5, 0.6) is 0 Å². The normalized spacial score (nSPS) is 18.2. The second-order valence-electron chi connectivity index (χ2n) is 7.49. The van der Waals surface area contributed by atoms with E-state index >= 15 is 0 Å². The van der Waals surface area contributed by atoms with Gasteiger partial charge in [-0.15, -0.1) is 0 Å². The summed E-state index contributed by atoms with van der Waals surface area (Å²) in [4.78, 5) is 14.9. The first kappa shape index (κ1) is 17.2. The van der Waals surface area contributed by atoms with Crippen molar-refractivity contribution in [3.8, 4) is 0 Å². The van der Waals surface area contributed by atoms with Crippen molar-refractivity contribution >= 4 is 28.1 Å². The van der Waals surface area contributed by atoms with Crippen LogP contribution in [0.1, 0.15) is 44.6 Å². The SMILES string of the molecule is CCn1ncc2c(Nc3ccncc3)c(C3=CC4(CCCCC4)ON3)cnc21. The summed E-state index contributed by atoms with van der Waals surface area (Å²) in [6.45, 7) is 2.84. The molecule has 28 heavy (non-hydrogen) atoms. The van der Waals surface area contributed by atoms with E-state index in [-0.39, 0.29) is 5.60 Å². The highest BCUT2D eigenvalue weighted by atomic mass is 16.7. The number of nitrogens with zero attached hydrogens (tertiary/aromatic N) is 4. The fourth-order valence-corrected chi connectivity index (χ4v) is 4.18. The molecule has 0 atom stereocenters. The standard InChI is InChI=1S/C21H24N6O/c1-2-27-20-17(14-24-27)19(25-15-6-10-22-11-7-15)16(13-23-20)18-12-21(28-26-18)8-4-3-5-9-21/h6-7,10-14,26H,2-5,8-9H2,1H3,(H,22,23,25). The molecule has 1 fully saturated rings. The van der Waals surface area contributed by atoms with Crippen LogP contribution in [0.4, 0.5) is 11.4 Å². The third-order valence-electron chi connectivity index (χ3n) is 5.68. The molecule has 0 unspecified atom stereocenters. The van der Waals surface area contributed by atoms with Crippen LogP contribution in [-0.2, 0) is 11.4 Å². The van der Waals surface area contributed by atoms with Crippen LogP contribution < -0.4 is 10.8 Å². The Morgan fingerprint density at radius 1 is 1.18 bits per heavy atom. The molecule has 3 aromatic heterocycles. The Balaban J connectivity index is 1.62. The van der Waals surface area contributed by atoms with Crippen LogP contribution in [0.15, 0.2) is 43.0 Å². The van der Waals surface area contributed by atoms with Gasteiger partial charge in [-0.25, -0.2) is 9.67 Å². The molecule has 2 N–H and O–H groups in total. The minimum absolute atomic E-state index is 0.190. The van der Waals surface area contributed by atoms with Crippen molar-refractivity contribution in [2.24, 2.45) is 0 Å². The molecule has 7 nitrogen and oxygen atoms in total. The van der Waals surface area contributed by atoms with Gasteiger partial charge in [0.1, 0.15) is 5.60 Å². The fraction of sp³-hybridized carbons (Fsp3) is 0.381. The van der Waals surface area contributed by atoms with E-state index in [1.54, 1.807) is 12.4 Å². The average Bonchev–Trinajstić information content (AvgIpc) is 3.34. The number of hydrogen-bond donors (Lipinski definition) is 2. The lowest BCUT2D eigenvalue weighted by molar-refractivity contribution is -0.0557. The van der Waals surface area contributed by atoms with Crippen molar-refractivity contribution in [2.45, 2.75) is 51.2 Å². The highest BCUT2D eigenvalue weighted by Gasteiger charge is 2.37. The molecular weight excluding hydrogens is 352 g/mol. The van der Waals surface area contributed by atoms with Crippen LogP contribution in [0.25, 0.3) is 16.7 Å². The molecule has 3 aromatic rings. The van der Waals surface area contributed by atoms with Gasteiger partial charge in [0.15, 0.2) is 5.65 Å². The molecule has 0 saturated heterocycles. The summed E-state index contributed by atoms with van der Waals surface area (Å²) in [6.07, 6.45) is 15.4. The van der Waals surface area contributed by atoms with Crippen LogP contribution in [0.2, 0.25) is 0 Å². The van der Waals surface area contributed by atoms with E-state index in [1.807, 2.05) is 29.2 Å². The van der Waals surface area contributed by atoms with Gasteiger partial charge < -0.3 is 5.32 Å². The molecule has 7 heteroatoms. The lowest BCUT2D eigenvalue weighted by atomic mass is 9.84. The highest BCUT2D eigenvalue weighted by molar-refractivity contribution is 5.97. The number of nitrogens with one attached hydrogen (secondary N) is 2. The summed E-state index contributed by atoms with van der Waals surface area (Å²) in [5.41, 5.74) is 7.77. The zero-order valence-electron chi connectivity index (χ0n) is 16.0. The first-order valence-corrected chi connectivity index (χ1v) is 9.97. The molecule has 2 aliphatic rings. The van der Waals surface area contributed by atoms with Crippen LogP contribution in [0, 0.1) is 0 Å². The molecule has 1 saturated carbocycles. The van der Waals surface area contributed by atoms with Gasteiger partial charge in [-0.05, 0) is 38.0 Å². The van der Waals surface area contributed by atoms with Crippen molar-refractivity contribution in [3.05, 3.63) is 48.6 Å². The van der Waals surface area contributed by atoms with E-state index in [1.165, 1.54) is 19.3 Å². The number of hydrogen-bond acceptors (Lipinski definition) is 6. The zero-order valence-corrected chi connectivity index (χ0v) is 16.0. The van der Waals surface area contributed by atoms with Crippen molar-refractivity contribution < 1.29 is 4.84 Å². The third-order valence-corrected chi connectivity index (χ3v) is 5.68. The monoisotopic (exact) mass is 376 g/mol. The Bertz CT molecular complexity index is 1020. The minimum atomic E-state index is -0.190. The van der Waals surface area contributed by atoms with E-state index in [0.29, 0.717) is 0 Å². The molecular formula is C21H24N6O. The molecule has 1 spiro atoms. The molecule has 0 radical (unpaired) electrons. The van der Waals surface area contributed by atoms with Gasteiger partial charge in [0.2, 0.25) is 0 Å². The molecule has 1 aliphatic heterocycles. The molecule has 5 rings (SSSR count). The van der Waals surface area contributed by atoms with Gasteiger partial charge in [-0.1, -0.05) is 19.3 Å². The number of anilines is 2. The maximum absolute atomic E-state index is 6.06. The zero-order chi connectivity index (χ0) is 19.0. The first-order valence-electron chi connectivity index (χ1n) is 9.97.